The molecule has 2 rings (SSSR count). The molecule has 26 heavy (non-hydrogen) atoms. The van der Waals surface area contributed by atoms with Gasteiger partial charge in [0.1, 0.15) is 12.4 Å². The Balaban J connectivity index is 1.82. The van der Waals surface area contributed by atoms with E-state index in [0.717, 1.165) is 54.0 Å². The lowest BCUT2D eigenvalue weighted by molar-refractivity contribution is -0.181. The van der Waals surface area contributed by atoms with Crippen molar-refractivity contribution in [3.63, 3.8) is 0 Å². The van der Waals surface area contributed by atoms with Crippen LogP contribution in [0.4, 0.5) is 0 Å². The van der Waals surface area contributed by atoms with Crippen LogP contribution in [-0.2, 0) is 27.5 Å². The molecular formula is C19H29NO4S2. The number of carbonyl (C=O) groups excluding carboxylic acids is 1. The number of hydrogen-bond donors (Lipinski definition) is 2. The average molecular weight is 400 g/mol. The first-order valence-corrected chi connectivity index (χ1v) is 10.2. The maximum atomic E-state index is 12.0. The van der Waals surface area contributed by atoms with Crippen LogP contribution in [0.25, 0.3) is 0 Å². The van der Waals surface area contributed by atoms with Gasteiger partial charge in [0.05, 0.1) is 12.3 Å². The maximum absolute atomic E-state index is 12.0. The second-order valence-electron chi connectivity index (χ2n) is 7.04. The molecule has 1 aliphatic rings. The van der Waals surface area contributed by atoms with Gasteiger partial charge < -0.3 is 14.2 Å². The third kappa shape index (κ3) is 6.35. The number of hydrogen-bond acceptors (Lipinski definition) is 7. The molecule has 2 heterocycles. The van der Waals surface area contributed by atoms with Crippen LogP contribution in [0.3, 0.4) is 0 Å². The molecule has 7 heteroatoms. The molecule has 1 aliphatic heterocycles. The minimum absolute atomic E-state index is 0.191. The summed E-state index contributed by atoms with van der Waals surface area (Å²) in [6.45, 7) is 6.25. The Labute approximate surface area is 167 Å². The van der Waals surface area contributed by atoms with Crippen molar-refractivity contribution >= 4 is 31.2 Å². The van der Waals surface area contributed by atoms with Gasteiger partial charge >= 0.3 is 5.97 Å². The number of pyridine rings is 1. The highest BCUT2D eigenvalue weighted by Crippen LogP contribution is 2.35. The van der Waals surface area contributed by atoms with Gasteiger partial charge in [0.2, 0.25) is 5.79 Å². The number of carbonyl (C=O) groups is 1. The highest BCUT2D eigenvalue weighted by molar-refractivity contribution is 7.81. The number of thiol groups is 2. The van der Waals surface area contributed by atoms with Gasteiger partial charge in [-0.3, -0.25) is 9.78 Å². The van der Waals surface area contributed by atoms with Gasteiger partial charge in [0.15, 0.2) is 0 Å². The molecule has 0 aliphatic carbocycles. The lowest BCUT2D eigenvalue weighted by Crippen LogP contribution is -2.36. The van der Waals surface area contributed by atoms with E-state index in [1.54, 1.807) is 6.20 Å². The van der Waals surface area contributed by atoms with Crippen molar-refractivity contribution < 1.29 is 19.0 Å². The van der Waals surface area contributed by atoms with E-state index in [1.807, 2.05) is 20.8 Å². The Kier molecular flexibility index (Phi) is 8.10. The lowest BCUT2D eigenvalue weighted by Gasteiger charge is -2.34. The summed E-state index contributed by atoms with van der Waals surface area (Å²) in [4.78, 5) is 16.4. The highest BCUT2D eigenvalue weighted by Gasteiger charge is 2.30. The Morgan fingerprint density at radius 1 is 1.38 bits per heavy atom. The topological polar surface area (TPSA) is 57.7 Å². The number of esters is 1. The molecule has 0 bridgehead atoms. The fourth-order valence-electron chi connectivity index (χ4n) is 2.79. The minimum atomic E-state index is -0.674. The number of aromatic nitrogens is 1. The summed E-state index contributed by atoms with van der Waals surface area (Å²) in [5.41, 5.74) is 2.56. The molecule has 0 fully saturated rings. The summed E-state index contributed by atoms with van der Waals surface area (Å²) >= 11 is 8.70. The van der Waals surface area contributed by atoms with Crippen molar-refractivity contribution in [3.8, 4) is 5.75 Å². The smallest absolute Gasteiger partial charge is 0.306 e. The van der Waals surface area contributed by atoms with Crippen LogP contribution in [-0.4, -0.2) is 27.7 Å². The van der Waals surface area contributed by atoms with E-state index in [2.05, 4.69) is 30.2 Å². The molecule has 146 valence electrons. The summed E-state index contributed by atoms with van der Waals surface area (Å²) in [6, 6.07) is 0. The molecule has 5 nitrogen and oxygen atoms in total. The summed E-state index contributed by atoms with van der Waals surface area (Å²) < 4.78 is 17.0. The Bertz CT molecular complexity index is 622. The van der Waals surface area contributed by atoms with E-state index in [-0.39, 0.29) is 12.6 Å². The van der Waals surface area contributed by atoms with Crippen molar-refractivity contribution in [2.75, 3.05) is 5.75 Å². The zero-order valence-electron chi connectivity index (χ0n) is 15.8. The maximum Gasteiger partial charge on any atom is 0.306 e. The van der Waals surface area contributed by atoms with Crippen molar-refractivity contribution in [1.82, 2.24) is 4.98 Å². The van der Waals surface area contributed by atoms with E-state index in [4.69, 9.17) is 14.2 Å². The van der Waals surface area contributed by atoms with Crippen molar-refractivity contribution in [2.45, 2.75) is 77.1 Å². The second kappa shape index (κ2) is 9.85. The summed E-state index contributed by atoms with van der Waals surface area (Å²) in [5, 5.41) is 0.359. The third-order valence-corrected chi connectivity index (χ3v) is 5.11. The standard InChI is InChI=1S/C19H29NO4S2/c1-13-18-16(12-23-19(2,3)24-18)14(10-20-13)11-22-17(21)7-5-4-6-15(26)8-9-25/h10,15,25-26H,4-9,11-12H2,1-3H3/t15-/m1/s1. The van der Waals surface area contributed by atoms with E-state index in [1.165, 1.54) is 0 Å². The molecule has 0 saturated carbocycles. The van der Waals surface area contributed by atoms with E-state index in [9.17, 15) is 4.79 Å². The fourth-order valence-corrected chi connectivity index (χ4v) is 3.61. The highest BCUT2D eigenvalue weighted by atomic mass is 32.1. The van der Waals surface area contributed by atoms with Gasteiger partial charge in [-0.15, -0.1) is 0 Å². The first-order chi connectivity index (χ1) is 12.3. The Morgan fingerprint density at radius 2 is 2.15 bits per heavy atom. The van der Waals surface area contributed by atoms with Gasteiger partial charge in [-0.1, -0.05) is 6.42 Å². The molecule has 1 atom stereocenters. The Hall–Kier alpha value is -0.920. The predicted molar refractivity (Wildman–Crippen MR) is 108 cm³/mol. The average Bonchev–Trinajstić information content (AvgIpc) is 2.58. The van der Waals surface area contributed by atoms with Gasteiger partial charge in [-0.2, -0.15) is 25.3 Å². The molecule has 0 radical (unpaired) electrons. The fraction of sp³-hybridized carbons (Fsp3) is 0.684. The van der Waals surface area contributed by atoms with Crippen LogP contribution in [0.1, 0.15) is 62.8 Å². The zero-order chi connectivity index (χ0) is 19.2. The van der Waals surface area contributed by atoms with Gasteiger partial charge in [0.25, 0.3) is 0 Å². The number of nitrogens with zero attached hydrogens (tertiary/aromatic N) is 1. The molecule has 0 amide bonds. The van der Waals surface area contributed by atoms with Crippen molar-refractivity contribution in [1.29, 1.82) is 0 Å². The van der Waals surface area contributed by atoms with Gasteiger partial charge in [0, 0.05) is 42.8 Å². The van der Waals surface area contributed by atoms with E-state index < -0.39 is 5.79 Å². The molecule has 0 aromatic carbocycles. The molecule has 0 spiro atoms. The molecule has 0 saturated heterocycles. The predicted octanol–water partition coefficient (Wildman–Crippen LogP) is 4.26. The summed E-state index contributed by atoms with van der Waals surface area (Å²) in [5.74, 6) is 0.712. The second-order valence-corrected chi connectivity index (χ2v) is 8.22. The van der Waals surface area contributed by atoms with Crippen LogP contribution in [0.5, 0.6) is 5.75 Å². The third-order valence-electron chi connectivity index (χ3n) is 4.34. The van der Waals surface area contributed by atoms with Crippen molar-refractivity contribution in [3.05, 3.63) is 23.0 Å². The van der Waals surface area contributed by atoms with Crippen LogP contribution in [0.2, 0.25) is 0 Å². The summed E-state index contributed by atoms with van der Waals surface area (Å²) in [6.07, 6.45) is 5.92. The first kappa shape index (κ1) is 21.4. The Morgan fingerprint density at radius 3 is 2.88 bits per heavy atom. The molecule has 1 aromatic rings. The van der Waals surface area contributed by atoms with E-state index >= 15 is 0 Å². The number of ether oxygens (including phenoxy) is 3. The number of unbranched alkanes of at least 4 members (excludes halogenated alkanes) is 1. The van der Waals surface area contributed by atoms with Crippen LogP contribution in [0.15, 0.2) is 6.20 Å². The van der Waals surface area contributed by atoms with Crippen LogP contribution in [0, 0.1) is 6.92 Å². The molecule has 0 unspecified atom stereocenters. The largest absolute Gasteiger partial charge is 0.461 e. The van der Waals surface area contributed by atoms with Gasteiger partial charge in [-0.05, 0) is 31.9 Å². The molecule has 0 N–H and O–H groups in total. The number of fused-ring (bicyclic) bond motifs is 1. The van der Waals surface area contributed by atoms with Crippen LogP contribution < -0.4 is 4.74 Å². The van der Waals surface area contributed by atoms with E-state index in [0.29, 0.717) is 18.3 Å². The monoisotopic (exact) mass is 399 g/mol. The van der Waals surface area contributed by atoms with Crippen LogP contribution >= 0.6 is 25.3 Å². The lowest BCUT2D eigenvalue weighted by atomic mass is 10.1. The number of aryl methyl sites for hydroxylation is 1. The minimum Gasteiger partial charge on any atom is -0.461 e. The van der Waals surface area contributed by atoms with Crippen molar-refractivity contribution in [2.24, 2.45) is 0 Å². The normalized spacial score (nSPS) is 16.5. The SMILES string of the molecule is Cc1ncc(COC(=O)CCCC[C@@H](S)CCS)c2c1OC(C)(C)OC2. The molecule has 1 aromatic heterocycles. The van der Waals surface area contributed by atoms with Gasteiger partial charge in [-0.25, -0.2) is 0 Å². The number of rotatable bonds is 9. The quantitative estimate of drug-likeness (QED) is 0.369. The first-order valence-electron chi connectivity index (χ1n) is 9.07. The zero-order valence-corrected chi connectivity index (χ0v) is 17.6. The molecular weight excluding hydrogens is 370 g/mol. The summed E-state index contributed by atoms with van der Waals surface area (Å²) in [7, 11) is 0.